The third kappa shape index (κ3) is 3.85. The standard InChI is InChI=1S/C13H19N3/c1-5-6-7-8-12-9-13(16(3)4)15-11(2)14-10-12/h5-8H,1,9-10H2,2-4H3/b7-6-,12-8-. The van der Waals surface area contributed by atoms with Gasteiger partial charge in [0.1, 0.15) is 11.7 Å². The van der Waals surface area contributed by atoms with E-state index in [9.17, 15) is 0 Å². The Hall–Kier alpha value is -1.64. The molecule has 0 N–H and O–H groups in total. The highest BCUT2D eigenvalue weighted by molar-refractivity contribution is 5.97. The molecule has 0 aromatic heterocycles. The summed E-state index contributed by atoms with van der Waals surface area (Å²) in [5, 5.41) is 0. The van der Waals surface area contributed by atoms with Crippen molar-refractivity contribution in [1.82, 2.24) is 4.90 Å². The average molecular weight is 217 g/mol. The van der Waals surface area contributed by atoms with E-state index in [1.54, 1.807) is 6.08 Å². The summed E-state index contributed by atoms with van der Waals surface area (Å²) >= 11 is 0. The van der Waals surface area contributed by atoms with Crippen LogP contribution in [0.5, 0.6) is 0 Å². The lowest BCUT2D eigenvalue weighted by Gasteiger charge is -2.14. The van der Waals surface area contributed by atoms with E-state index in [2.05, 4.69) is 22.6 Å². The van der Waals surface area contributed by atoms with Crippen molar-refractivity contribution in [2.24, 2.45) is 9.98 Å². The van der Waals surface area contributed by atoms with Crippen molar-refractivity contribution >= 4 is 11.7 Å². The molecule has 0 radical (unpaired) electrons. The van der Waals surface area contributed by atoms with Crippen molar-refractivity contribution in [2.75, 3.05) is 20.6 Å². The van der Waals surface area contributed by atoms with Crippen LogP contribution in [-0.2, 0) is 0 Å². The van der Waals surface area contributed by atoms with Crippen LogP contribution in [0.3, 0.4) is 0 Å². The molecule has 1 aliphatic heterocycles. The lowest BCUT2D eigenvalue weighted by molar-refractivity contribution is 0.611. The highest BCUT2D eigenvalue weighted by atomic mass is 15.2. The van der Waals surface area contributed by atoms with Crippen LogP contribution in [0.2, 0.25) is 0 Å². The molecule has 0 atom stereocenters. The molecular weight excluding hydrogens is 198 g/mol. The van der Waals surface area contributed by atoms with E-state index in [1.807, 2.05) is 38.1 Å². The topological polar surface area (TPSA) is 28.0 Å². The summed E-state index contributed by atoms with van der Waals surface area (Å²) in [6.07, 6.45) is 8.62. The Morgan fingerprint density at radius 2 is 2.06 bits per heavy atom. The van der Waals surface area contributed by atoms with Crippen molar-refractivity contribution < 1.29 is 0 Å². The summed E-state index contributed by atoms with van der Waals surface area (Å²) in [5.41, 5.74) is 1.27. The Bertz CT molecular complexity index is 371. The zero-order valence-corrected chi connectivity index (χ0v) is 10.3. The van der Waals surface area contributed by atoms with Crippen molar-refractivity contribution in [3.05, 3.63) is 36.5 Å². The molecule has 0 amide bonds. The first kappa shape index (κ1) is 12.4. The lowest BCUT2D eigenvalue weighted by atomic mass is 10.1. The summed E-state index contributed by atoms with van der Waals surface area (Å²) in [6.45, 7) is 6.31. The Morgan fingerprint density at radius 1 is 1.31 bits per heavy atom. The van der Waals surface area contributed by atoms with Gasteiger partial charge in [0.15, 0.2) is 0 Å². The number of hydrogen-bond acceptors (Lipinski definition) is 3. The Morgan fingerprint density at radius 3 is 2.69 bits per heavy atom. The van der Waals surface area contributed by atoms with Crippen LogP contribution in [0.15, 0.2) is 46.4 Å². The molecule has 16 heavy (non-hydrogen) atoms. The van der Waals surface area contributed by atoms with Gasteiger partial charge in [-0.2, -0.15) is 0 Å². The Kier molecular flexibility index (Phi) is 4.70. The van der Waals surface area contributed by atoms with E-state index >= 15 is 0 Å². The van der Waals surface area contributed by atoms with Gasteiger partial charge >= 0.3 is 0 Å². The molecule has 0 saturated carbocycles. The molecule has 1 heterocycles. The maximum absolute atomic E-state index is 4.46. The minimum atomic E-state index is 0.730. The molecular formula is C13H19N3. The van der Waals surface area contributed by atoms with Crippen molar-refractivity contribution in [3.8, 4) is 0 Å². The van der Waals surface area contributed by atoms with Gasteiger partial charge in [-0.1, -0.05) is 30.9 Å². The summed E-state index contributed by atoms with van der Waals surface area (Å²) in [6, 6.07) is 0. The molecule has 0 spiro atoms. The quantitative estimate of drug-likeness (QED) is 0.653. The van der Waals surface area contributed by atoms with Crippen LogP contribution < -0.4 is 0 Å². The molecule has 0 unspecified atom stereocenters. The maximum Gasteiger partial charge on any atom is 0.122 e. The summed E-state index contributed by atoms with van der Waals surface area (Å²) in [4.78, 5) is 10.9. The minimum absolute atomic E-state index is 0.730. The highest BCUT2D eigenvalue weighted by Gasteiger charge is 2.09. The first-order chi connectivity index (χ1) is 7.63. The SMILES string of the molecule is C=C/C=C\C=C1/CN=C(C)N=C(N(C)C)C1. The van der Waals surface area contributed by atoms with E-state index in [0.29, 0.717) is 0 Å². The smallest absolute Gasteiger partial charge is 0.122 e. The molecule has 1 aliphatic rings. The van der Waals surface area contributed by atoms with Gasteiger partial charge in [0.2, 0.25) is 0 Å². The summed E-state index contributed by atoms with van der Waals surface area (Å²) in [7, 11) is 4.02. The summed E-state index contributed by atoms with van der Waals surface area (Å²) in [5.74, 6) is 1.90. The van der Waals surface area contributed by atoms with Crippen LogP contribution in [-0.4, -0.2) is 37.2 Å². The Labute approximate surface area is 97.6 Å². The summed E-state index contributed by atoms with van der Waals surface area (Å²) < 4.78 is 0. The van der Waals surface area contributed by atoms with Gasteiger partial charge in [-0.15, -0.1) is 0 Å². The van der Waals surface area contributed by atoms with Crippen LogP contribution in [0.1, 0.15) is 13.3 Å². The third-order valence-corrected chi connectivity index (χ3v) is 2.28. The van der Waals surface area contributed by atoms with E-state index in [-0.39, 0.29) is 0 Å². The monoisotopic (exact) mass is 217 g/mol. The Balaban J connectivity index is 2.86. The molecule has 86 valence electrons. The predicted octanol–water partition coefficient (Wildman–Crippen LogP) is 2.44. The van der Waals surface area contributed by atoms with E-state index in [0.717, 1.165) is 24.6 Å². The molecule has 0 aromatic rings. The zero-order valence-electron chi connectivity index (χ0n) is 10.3. The van der Waals surface area contributed by atoms with E-state index in [4.69, 9.17) is 0 Å². The number of amidine groups is 2. The number of aliphatic imine (C=N–C) groups is 2. The first-order valence-electron chi connectivity index (χ1n) is 5.36. The largest absolute Gasteiger partial charge is 0.366 e. The molecule has 3 heteroatoms. The van der Waals surface area contributed by atoms with Crippen molar-refractivity contribution in [2.45, 2.75) is 13.3 Å². The van der Waals surface area contributed by atoms with Gasteiger partial charge < -0.3 is 4.90 Å². The number of hydrogen-bond donors (Lipinski definition) is 0. The highest BCUT2D eigenvalue weighted by Crippen LogP contribution is 2.10. The molecule has 0 aromatic carbocycles. The second kappa shape index (κ2) is 6.05. The average Bonchev–Trinajstić information content (AvgIpc) is 2.41. The second-order valence-electron chi connectivity index (χ2n) is 3.91. The van der Waals surface area contributed by atoms with Crippen LogP contribution >= 0.6 is 0 Å². The van der Waals surface area contributed by atoms with Crippen LogP contribution in [0.25, 0.3) is 0 Å². The molecule has 0 fully saturated rings. The fraction of sp³-hybridized carbons (Fsp3) is 0.385. The van der Waals surface area contributed by atoms with Crippen molar-refractivity contribution in [1.29, 1.82) is 0 Å². The van der Waals surface area contributed by atoms with Gasteiger partial charge in [0, 0.05) is 20.5 Å². The van der Waals surface area contributed by atoms with Gasteiger partial charge in [-0.05, 0) is 12.5 Å². The lowest BCUT2D eigenvalue weighted by Crippen LogP contribution is -2.22. The first-order valence-corrected chi connectivity index (χ1v) is 5.36. The zero-order chi connectivity index (χ0) is 12.0. The molecule has 0 bridgehead atoms. The third-order valence-electron chi connectivity index (χ3n) is 2.28. The maximum atomic E-state index is 4.46. The second-order valence-corrected chi connectivity index (χ2v) is 3.91. The normalized spacial score (nSPS) is 19.3. The van der Waals surface area contributed by atoms with Gasteiger partial charge in [-0.25, -0.2) is 4.99 Å². The fourth-order valence-electron chi connectivity index (χ4n) is 1.38. The predicted molar refractivity (Wildman–Crippen MR) is 71.1 cm³/mol. The minimum Gasteiger partial charge on any atom is -0.366 e. The number of rotatable bonds is 2. The van der Waals surface area contributed by atoms with Crippen LogP contribution in [0, 0.1) is 0 Å². The fourth-order valence-corrected chi connectivity index (χ4v) is 1.38. The molecule has 1 rings (SSSR count). The van der Waals surface area contributed by atoms with Crippen LogP contribution in [0.4, 0.5) is 0 Å². The van der Waals surface area contributed by atoms with Gasteiger partial charge in [0.05, 0.1) is 6.54 Å². The number of nitrogens with zero attached hydrogens (tertiary/aromatic N) is 3. The molecule has 0 aliphatic carbocycles. The molecule has 3 nitrogen and oxygen atoms in total. The van der Waals surface area contributed by atoms with E-state index in [1.165, 1.54) is 5.57 Å². The van der Waals surface area contributed by atoms with Crippen molar-refractivity contribution in [3.63, 3.8) is 0 Å². The van der Waals surface area contributed by atoms with Gasteiger partial charge in [-0.3, -0.25) is 4.99 Å². The molecule has 0 saturated heterocycles. The van der Waals surface area contributed by atoms with E-state index < -0.39 is 0 Å². The van der Waals surface area contributed by atoms with Gasteiger partial charge in [0.25, 0.3) is 0 Å². The number of allylic oxidation sites excluding steroid dienone is 4.